The summed E-state index contributed by atoms with van der Waals surface area (Å²) in [5, 5.41) is 0. The molecule has 1 atom stereocenters. The third-order valence-electron chi connectivity index (χ3n) is 2.56. The van der Waals surface area contributed by atoms with E-state index in [1.807, 2.05) is 0 Å². The zero-order chi connectivity index (χ0) is 7.40. The van der Waals surface area contributed by atoms with Crippen LogP contribution in [0.4, 0.5) is 0 Å². The van der Waals surface area contributed by atoms with Gasteiger partial charge in [0.15, 0.2) is 0 Å². The van der Waals surface area contributed by atoms with Crippen LogP contribution in [0.5, 0.6) is 0 Å². The Labute approximate surface area is 71.8 Å². The number of rotatable bonds is 3. The Morgan fingerprint density at radius 2 is 2.18 bits per heavy atom. The second-order valence-corrected chi connectivity index (χ2v) is 3.42. The van der Waals surface area contributed by atoms with E-state index in [9.17, 15) is 0 Å². The Hall–Kier alpha value is -0.0400. The van der Waals surface area contributed by atoms with Crippen molar-refractivity contribution in [2.24, 2.45) is 0 Å². The van der Waals surface area contributed by atoms with E-state index < -0.39 is 0 Å². The van der Waals surface area contributed by atoms with Crippen molar-refractivity contribution < 1.29 is 0 Å². The summed E-state index contributed by atoms with van der Waals surface area (Å²) in [7, 11) is 2.26. The maximum absolute atomic E-state index is 2.51. The Balaban J connectivity index is 0.000001000. The van der Waals surface area contributed by atoms with Crippen LogP contribution >= 0.6 is 0 Å². The first-order valence-corrected chi connectivity index (χ1v) is 4.55. The maximum atomic E-state index is 2.51. The molecule has 1 unspecified atom stereocenters. The summed E-state index contributed by atoms with van der Waals surface area (Å²) >= 11 is 0. The molecule has 1 fully saturated rings. The summed E-state index contributed by atoms with van der Waals surface area (Å²) in [5.41, 5.74) is 0. The van der Waals surface area contributed by atoms with Gasteiger partial charge in [0.05, 0.1) is 0 Å². The van der Waals surface area contributed by atoms with Crippen LogP contribution < -0.4 is 0 Å². The van der Waals surface area contributed by atoms with Gasteiger partial charge in [0.2, 0.25) is 0 Å². The summed E-state index contributed by atoms with van der Waals surface area (Å²) in [6.45, 7) is 3.60. The summed E-state index contributed by atoms with van der Waals surface area (Å²) in [6, 6.07) is 0.917. The molecule has 0 aromatic heterocycles. The quantitative estimate of drug-likeness (QED) is 0.609. The Morgan fingerprint density at radius 1 is 1.45 bits per heavy atom. The molecule has 0 aromatic carbocycles. The summed E-state index contributed by atoms with van der Waals surface area (Å²) in [4.78, 5) is 2.51. The van der Waals surface area contributed by atoms with Crippen molar-refractivity contribution in [2.75, 3.05) is 13.6 Å². The average molecular weight is 157 g/mol. The Morgan fingerprint density at radius 3 is 2.64 bits per heavy atom. The second-order valence-electron chi connectivity index (χ2n) is 3.42. The molecule has 1 heterocycles. The van der Waals surface area contributed by atoms with Crippen molar-refractivity contribution in [2.45, 2.75) is 52.5 Å². The summed E-state index contributed by atoms with van der Waals surface area (Å²) < 4.78 is 0. The molecule has 0 amide bonds. The minimum atomic E-state index is 0. The van der Waals surface area contributed by atoms with Gasteiger partial charge in [0.25, 0.3) is 0 Å². The van der Waals surface area contributed by atoms with Gasteiger partial charge in [-0.15, -0.1) is 0 Å². The highest BCUT2D eigenvalue weighted by Crippen LogP contribution is 2.19. The van der Waals surface area contributed by atoms with Gasteiger partial charge < -0.3 is 4.90 Å². The maximum Gasteiger partial charge on any atom is 0.00926 e. The number of nitrogens with zero attached hydrogens (tertiary/aromatic N) is 1. The lowest BCUT2D eigenvalue weighted by Gasteiger charge is -2.18. The van der Waals surface area contributed by atoms with E-state index in [1.165, 1.54) is 38.6 Å². The lowest BCUT2D eigenvalue weighted by molar-refractivity contribution is 0.291. The van der Waals surface area contributed by atoms with Crippen molar-refractivity contribution in [3.63, 3.8) is 0 Å². The van der Waals surface area contributed by atoms with E-state index in [0.717, 1.165) is 6.04 Å². The van der Waals surface area contributed by atoms with E-state index in [-0.39, 0.29) is 7.43 Å². The zero-order valence-corrected chi connectivity index (χ0v) is 7.27. The molecule has 1 aliphatic heterocycles. The van der Waals surface area contributed by atoms with Gasteiger partial charge in [-0.25, -0.2) is 0 Å². The molecule has 1 heteroatoms. The van der Waals surface area contributed by atoms with Gasteiger partial charge in [0.1, 0.15) is 0 Å². The van der Waals surface area contributed by atoms with Crippen LogP contribution in [0, 0.1) is 0 Å². The van der Waals surface area contributed by atoms with Crippen LogP contribution in [0.15, 0.2) is 0 Å². The Kier molecular flexibility index (Phi) is 5.57. The van der Waals surface area contributed by atoms with Crippen molar-refractivity contribution in [3.05, 3.63) is 0 Å². The largest absolute Gasteiger partial charge is 0.303 e. The second kappa shape index (κ2) is 5.59. The minimum absolute atomic E-state index is 0. The van der Waals surface area contributed by atoms with E-state index in [2.05, 4.69) is 18.9 Å². The first-order chi connectivity index (χ1) is 4.84. The van der Waals surface area contributed by atoms with E-state index in [1.54, 1.807) is 0 Å². The first-order valence-electron chi connectivity index (χ1n) is 4.55. The lowest BCUT2D eigenvalue weighted by Crippen LogP contribution is -2.24. The molecule has 1 rings (SSSR count). The SMILES string of the molecule is C.CCCCC1CCCN1C. The fraction of sp³-hybridized carbons (Fsp3) is 1.00. The van der Waals surface area contributed by atoms with Gasteiger partial charge >= 0.3 is 0 Å². The molecule has 0 aromatic rings. The van der Waals surface area contributed by atoms with Crippen LogP contribution in [0.1, 0.15) is 46.5 Å². The first kappa shape index (κ1) is 11.0. The molecule has 1 nitrogen and oxygen atoms in total. The van der Waals surface area contributed by atoms with Crippen LogP contribution in [-0.4, -0.2) is 24.5 Å². The zero-order valence-electron chi connectivity index (χ0n) is 7.27. The molecular weight excluding hydrogens is 134 g/mol. The normalized spacial score (nSPS) is 25.1. The molecule has 0 aliphatic carbocycles. The molecule has 0 spiro atoms. The molecule has 0 bridgehead atoms. The van der Waals surface area contributed by atoms with Crippen molar-refractivity contribution in [1.82, 2.24) is 4.90 Å². The molecule has 1 aliphatic rings. The highest BCUT2D eigenvalue weighted by Gasteiger charge is 2.19. The predicted octanol–water partition coefficient (Wildman–Crippen LogP) is 2.91. The van der Waals surface area contributed by atoms with Crippen LogP contribution in [0.25, 0.3) is 0 Å². The highest BCUT2D eigenvalue weighted by molar-refractivity contribution is 4.75. The Bertz CT molecular complexity index is 90.9. The van der Waals surface area contributed by atoms with E-state index in [4.69, 9.17) is 0 Å². The van der Waals surface area contributed by atoms with Gasteiger partial charge in [0, 0.05) is 6.04 Å². The summed E-state index contributed by atoms with van der Waals surface area (Å²) in [5.74, 6) is 0. The van der Waals surface area contributed by atoms with Crippen LogP contribution in [0.2, 0.25) is 0 Å². The number of hydrogen-bond acceptors (Lipinski definition) is 1. The van der Waals surface area contributed by atoms with Gasteiger partial charge in [-0.2, -0.15) is 0 Å². The predicted molar refractivity (Wildman–Crippen MR) is 51.9 cm³/mol. The number of likely N-dealkylation sites (tertiary alicyclic amines) is 1. The minimum Gasteiger partial charge on any atom is -0.303 e. The molecule has 0 saturated carbocycles. The van der Waals surface area contributed by atoms with Gasteiger partial charge in [-0.05, 0) is 32.9 Å². The highest BCUT2D eigenvalue weighted by atomic mass is 15.1. The van der Waals surface area contributed by atoms with E-state index >= 15 is 0 Å². The molecule has 68 valence electrons. The van der Waals surface area contributed by atoms with Crippen LogP contribution in [0.3, 0.4) is 0 Å². The number of unbranched alkanes of at least 4 members (excludes halogenated alkanes) is 1. The third kappa shape index (κ3) is 3.24. The molecule has 0 N–H and O–H groups in total. The standard InChI is InChI=1S/C9H19N.CH4/c1-3-4-6-9-7-5-8-10(9)2;/h9H,3-8H2,1-2H3;1H4. The van der Waals surface area contributed by atoms with Gasteiger partial charge in [-0.3, -0.25) is 0 Å². The summed E-state index contributed by atoms with van der Waals surface area (Å²) in [6.07, 6.45) is 7.05. The van der Waals surface area contributed by atoms with Crippen LogP contribution in [-0.2, 0) is 0 Å². The molecule has 0 radical (unpaired) electrons. The topological polar surface area (TPSA) is 3.24 Å². The van der Waals surface area contributed by atoms with Crippen molar-refractivity contribution >= 4 is 0 Å². The monoisotopic (exact) mass is 157 g/mol. The van der Waals surface area contributed by atoms with E-state index in [0.29, 0.717) is 0 Å². The smallest absolute Gasteiger partial charge is 0.00926 e. The fourth-order valence-electron chi connectivity index (χ4n) is 1.78. The average Bonchev–Trinajstić information content (AvgIpc) is 2.31. The van der Waals surface area contributed by atoms with Gasteiger partial charge in [-0.1, -0.05) is 27.2 Å². The van der Waals surface area contributed by atoms with Crippen molar-refractivity contribution in [3.8, 4) is 0 Å². The third-order valence-corrected chi connectivity index (χ3v) is 2.56. The molecule has 11 heavy (non-hydrogen) atoms. The fourth-order valence-corrected chi connectivity index (χ4v) is 1.78. The van der Waals surface area contributed by atoms with Crippen molar-refractivity contribution in [1.29, 1.82) is 0 Å². The number of hydrogen-bond donors (Lipinski definition) is 0. The lowest BCUT2D eigenvalue weighted by atomic mass is 10.1. The molecular formula is C10H23N. The molecule has 1 saturated heterocycles.